The highest BCUT2D eigenvalue weighted by molar-refractivity contribution is 6.12. The fraction of sp³-hybridized carbons (Fsp3) is 0.263. The maximum absolute atomic E-state index is 7.65. The quantitative estimate of drug-likeness (QED) is 0.115. The summed E-state index contributed by atoms with van der Waals surface area (Å²) in [7, 11) is 0. The van der Waals surface area contributed by atoms with Gasteiger partial charge < -0.3 is 14.5 Å². The molecule has 0 aliphatic carbocycles. The highest BCUT2D eigenvalue weighted by Gasteiger charge is 2.35. The molecule has 5 nitrogen and oxygen atoms in total. The van der Waals surface area contributed by atoms with E-state index in [1.54, 1.807) is 0 Å². The monoisotopic (exact) mass is 1110 g/mol. The van der Waals surface area contributed by atoms with E-state index in [1.807, 2.05) is 6.20 Å². The minimum Gasteiger partial charge on any atom is -0.457 e. The van der Waals surface area contributed by atoms with Crippen LogP contribution in [0.25, 0.3) is 49.9 Å². The van der Waals surface area contributed by atoms with Gasteiger partial charge in [0.1, 0.15) is 24.0 Å². The number of anilines is 4. The van der Waals surface area contributed by atoms with Crippen molar-refractivity contribution in [3.8, 4) is 39.6 Å². The molecule has 9 aromatic carbocycles. The number of hydrogen-bond donors (Lipinski definition) is 0. The van der Waals surface area contributed by atoms with Crippen LogP contribution in [0.15, 0.2) is 219 Å². The van der Waals surface area contributed by atoms with Gasteiger partial charge in [-0.1, -0.05) is 236 Å². The van der Waals surface area contributed by atoms with Gasteiger partial charge in [-0.3, -0.25) is 4.57 Å². The number of para-hydroxylation sites is 1. The zero-order valence-electron chi connectivity index (χ0n) is 52.3. The number of benzene rings is 9. The van der Waals surface area contributed by atoms with E-state index in [-0.39, 0.29) is 28.1 Å². The molecule has 0 spiro atoms. The second-order valence-electron chi connectivity index (χ2n) is 27.4. The lowest BCUT2D eigenvalue weighted by atomic mass is 9.76. The Morgan fingerprint density at radius 3 is 1.62 bits per heavy atom. The molecule has 11 aromatic rings. The summed E-state index contributed by atoms with van der Waals surface area (Å²) >= 11 is 0. The number of hydrogen-bond acceptors (Lipinski definition) is 4. The van der Waals surface area contributed by atoms with Crippen LogP contribution in [0.2, 0.25) is 0 Å². The smallest absolute Gasteiger partial charge is 0.137 e. The van der Waals surface area contributed by atoms with Crippen molar-refractivity contribution in [3.63, 3.8) is 0 Å². The molecule has 3 heterocycles. The van der Waals surface area contributed by atoms with Crippen LogP contribution in [-0.4, -0.2) is 16.2 Å². The molecule has 0 atom stereocenters. The van der Waals surface area contributed by atoms with Crippen LogP contribution in [0, 0.1) is 0 Å². The first kappa shape index (κ1) is 56.8. The second kappa shape index (κ2) is 21.8. The van der Waals surface area contributed by atoms with E-state index in [0.717, 1.165) is 56.7 Å². The molecule has 0 saturated carbocycles. The van der Waals surface area contributed by atoms with Gasteiger partial charge >= 0.3 is 0 Å². The van der Waals surface area contributed by atoms with E-state index >= 15 is 0 Å². The minimum atomic E-state index is -0.425. The van der Waals surface area contributed by atoms with E-state index in [0.29, 0.717) is 6.67 Å². The number of fused-ring (bicyclic) bond motifs is 4. The van der Waals surface area contributed by atoms with Crippen molar-refractivity contribution < 1.29 is 4.74 Å². The molecule has 1 aliphatic rings. The molecule has 12 rings (SSSR count). The Kier molecular flexibility index (Phi) is 14.5. The van der Waals surface area contributed by atoms with Crippen LogP contribution in [0.5, 0.6) is 11.5 Å². The topological polar surface area (TPSA) is 33.5 Å². The van der Waals surface area contributed by atoms with E-state index in [4.69, 9.17) is 9.72 Å². The van der Waals surface area contributed by atoms with Crippen molar-refractivity contribution in [2.24, 2.45) is 0 Å². The predicted molar refractivity (Wildman–Crippen MR) is 361 cm³/mol. The Labute approximate surface area is 505 Å². The van der Waals surface area contributed by atoms with Crippen LogP contribution in [-0.2, 0) is 21.7 Å². The van der Waals surface area contributed by atoms with Crippen LogP contribution < -0.4 is 14.5 Å². The van der Waals surface area contributed by atoms with Gasteiger partial charge in [0.05, 0.1) is 22.4 Å². The van der Waals surface area contributed by atoms with Crippen molar-refractivity contribution in [2.45, 2.75) is 130 Å². The lowest BCUT2D eigenvalue weighted by Gasteiger charge is -2.30. The molecule has 428 valence electrons. The normalized spacial score (nSPS) is 13.2. The summed E-state index contributed by atoms with van der Waals surface area (Å²) in [6.45, 7) is 33.0. The van der Waals surface area contributed by atoms with Crippen molar-refractivity contribution in [3.05, 3.63) is 263 Å². The Morgan fingerprint density at radius 2 is 0.976 bits per heavy atom. The van der Waals surface area contributed by atoms with Gasteiger partial charge in [0, 0.05) is 51.3 Å². The molecule has 0 saturated heterocycles. The molecule has 2 aromatic heterocycles. The second-order valence-corrected chi connectivity index (χ2v) is 27.4. The maximum atomic E-state index is 7.65. The summed E-state index contributed by atoms with van der Waals surface area (Å²) < 4.78 is 10.0. The van der Waals surface area contributed by atoms with Gasteiger partial charge in [0.2, 0.25) is 0 Å². The Bertz CT molecular complexity index is 4240. The van der Waals surface area contributed by atoms with Crippen molar-refractivity contribution in [1.29, 1.82) is 0 Å². The average Bonchev–Trinajstić information content (AvgIpc) is 1.85. The molecule has 85 heavy (non-hydrogen) atoms. The molecule has 0 unspecified atom stereocenters. The fourth-order valence-corrected chi connectivity index (χ4v) is 13.0. The number of aromatic nitrogens is 2. The van der Waals surface area contributed by atoms with Crippen LogP contribution >= 0.6 is 0 Å². The number of ether oxygens (including phenoxy) is 1. The zero-order valence-corrected chi connectivity index (χ0v) is 52.3. The van der Waals surface area contributed by atoms with E-state index in [2.05, 4.69) is 324 Å². The lowest BCUT2D eigenvalue weighted by Crippen LogP contribution is -2.25. The van der Waals surface area contributed by atoms with Gasteiger partial charge in [-0.25, -0.2) is 4.98 Å². The summed E-state index contributed by atoms with van der Waals surface area (Å²) in [5.74, 6) is 2.97. The van der Waals surface area contributed by atoms with Crippen LogP contribution in [0.3, 0.4) is 0 Å². The highest BCUT2D eigenvalue weighted by Crippen LogP contribution is 2.51. The summed E-state index contributed by atoms with van der Waals surface area (Å²) in [5, 5.41) is 2.37. The SMILES string of the molecule is CC(C)c1cccc(C(C)C)c1-c1cc(Oc2cc(C(C)(C)c3ccccc3)c3c4ccccc4n(-c4cc(C(C)(C)C)ccn4)c3c2)cc(N2CN(c3cc(-c4ccccc4)cc(C(C)(C)c4ccccc4)c3)c3ccc(C(C)(C)C)cc32)c1. The van der Waals surface area contributed by atoms with E-state index < -0.39 is 5.41 Å². The average molecular weight is 1120 g/mol. The number of pyridine rings is 1. The molecule has 0 fully saturated rings. The Hall–Kier alpha value is -8.67. The summed E-state index contributed by atoms with van der Waals surface area (Å²) in [4.78, 5) is 10.2. The van der Waals surface area contributed by atoms with E-state index in [9.17, 15) is 0 Å². The van der Waals surface area contributed by atoms with Crippen LogP contribution in [0.4, 0.5) is 22.7 Å². The molecular formula is C80H82N4O. The first-order valence-corrected chi connectivity index (χ1v) is 30.6. The molecule has 0 N–H and O–H groups in total. The van der Waals surface area contributed by atoms with Gasteiger partial charge in [0.25, 0.3) is 0 Å². The zero-order chi connectivity index (χ0) is 59.7. The lowest BCUT2D eigenvalue weighted by molar-refractivity contribution is 0.481. The highest BCUT2D eigenvalue weighted by atomic mass is 16.5. The molecule has 0 radical (unpaired) electrons. The van der Waals surface area contributed by atoms with E-state index in [1.165, 1.54) is 72.0 Å². The minimum absolute atomic E-state index is 0.0762. The molecule has 1 aliphatic heterocycles. The summed E-state index contributed by atoms with van der Waals surface area (Å²) in [6, 6.07) is 78.8. The molecule has 0 bridgehead atoms. The van der Waals surface area contributed by atoms with Gasteiger partial charge in [0.15, 0.2) is 0 Å². The summed E-state index contributed by atoms with van der Waals surface area (Å²) in [6.07, 6.45) is 1.96. The maximum Gasteiger partial charge on any atom is 0.137 e. The predicted octanol–water partition coefficient (Wildman–Crippen LogP) is 22.0. The van der Waals surface area contributed by atoms with Crippen molar-refractivity contribution in [1.82, 2.24) is 9.55 Å². The van der Waals surface area contributed by atoms with Gasteiger partial charge in [-0.05, 0) is 150 Å². The molecule has 0 amide bonds. The number of nitrogens with zero attached hydrogens (tertiary/aromatic N) is 4. The first-order valence-electron chi connectivity index (χ1n) is 30.6. The standard InChI is InChI=1S/C80H82N4O/c1-52(2)66-34-26-35-67(53(3)4)75(66)56-43-63(83-51-82(71-38-37-59(46-72(71)83)77(5,6)7)62-42-55(54-27-18-15-19-28-54)41-61(45-62)79(11,12)57-29-20-16-21-30-57)48-64(44-56)85-65-49-69(80(13,14)58-31-22-17-23-32-58)76-68-33-24-25-36-70(68)84(73(76)50-65)74-47-60(39-40-81-74)78(8,9)10/h15-50,52-53H,51H2,1-14H3. The molecular weight excluding hydrogens is 1030 g/mol. The largest absolute Gasteiger partial charge is 0.457 e. The Balaban J connectivity index is 1.10. The van der Waals surface area contributed by atoms with Crippen molar-refractivity contribution >= 4 is 44.6 Å². The van der Waals surface area contributed by atoms with Crippen LogP contribution in [0.1, 0.15) is 153 Å². The van der Waals surface area contributed by atoms with Gasteiger partial charge in [-0.2, -0.15) is 0 Å². The number of rotatable bonds is 13. The third kappa shape index (κ3) is 10.6. The fourth-order valence-electron chi connectivity index (χ4n) is 13.0. The van der Waals surface area contributed by atoms with Crippen molar-refractivity contribution in [2.75, 3.05) is 16.5 Å². The third-order valence-corrected chi connectivity index (χ3v) is 18.1. The first-order chi connectivity index (χ1) is 40.6. The third-order valence-electron chi connectivity index (χ3n) is 18.1. The van der Waals surface area contributed by atoms with Gasteiger partial charge in [-0.15, -0.1) is 0 Å². The summed E-state index contributed by atoms with van der Waals surface area (Å²) in [5.41, 5.74) is 20.7. The molecule has 5 heteroatoms. The Morgan fingerprint density at radius 1 is 0.412 bits per heavy atom.